The van der Waals surface area contributed by atoms with Gasteiger partial charge in [0.25, 0.3) is 0 Å². The van der Waals surface area contributed by atoms with Crippen molar-refractivity contribution in [2.45, 2.75) is 19.8 Å². The maximum absolute atomic E-state index is 4.49. The maximum Gasteiger partial charge on any atom is 0.153 e. The molecule has 2 nitrogen and oxygen atoms in total. The van der Waals surface area contributed by atoms with Crippen molar-refractivity contribution in [1.29, 1.82) is 0 Å². The van der Waals surface area contributed by atoms with Crippen molar-refractivity contribution in [3.05, 3.63) is 22.9 Å². The second-order valence-corrected chi connectivity index (χ2v) is 4.17. The summed E-state index contributed by atoms with van der Waals surface area (Å²) in [5.41, 5.74) is 0.968. The first kappa shape index (κ1) is 8.42. The Morgan fingerprint density at radius 2 is 2.31 bits per heavy atom. The third-order valence-corrected chi connectivity index (χ3v) is 3.00. The Balaban J connectivity index is 2.51. The van der Waals surface area contributed by atoms with E-state index in [0.29, 0.717) is 5.92 Å². The fourth-order valence-corrected chi connectivity index (χ4v) is 1.95. The van der Waals surface area contributed by atoms with Gasteiger partial charge in [0.15, 0.2) is 5.00 Å². The predicted octanol–water partition coefficient (Wildman–Crippen LogP) is 3.15. The minimum atomic E-state index is 0.476. The van der Waals surface area contributed by atoms with E-state index < -0.39 is 0 Å². The van der Waals surface area contributed by atoms with Crippen LogP contribution < -0.4 is 0 Å². The number of allylic oxidation sites excluding steroid dienone is 2. The van der Waals surface area contributed by atoms with Gasteiger partial charge in [-0.3, -0.25) is 0 Å². The van der Waals surface area contributed by atoms with Crippen LogP contribution >= 0.6 is 11.3 Å². The Labute approximate surface area is 81.4 Å². The van der Waals surface area contributed by atoms with E-state index in [2.05, 4.69) is 29.7 Å². The minimum absolute atomic E-state index is 0.476. The number of hydrogen-bond donors (Lipinski definition) is 0. The van der Waals surface area contributed by atoms with Crippen LogP contribution in [0.25, 0.3) is 6.08 Å². The number of thiazole rings is 1. The fraction of sp³-hybridized carbons (Fsp3) is 0.300. The second kappa shape index (κ2) is 3.29. The normalized spacial score (nSPS) is 13.5. The summed E-state index contributed by atoms with van der Waals surface area (Å²) < 4.78 is 0. The molecule has 0 atom stereocenters. The lowest BCUT2D eigenvalue weighted by Gasteiger charge is -1.94. The molecule has 0 amide bonds. The molecule has 0 aliphatic carbocycles. The molecular formula is C10H10N2S. The van der Waals surface area contributed by atoms with Crippen LogP contribution in [0.1, 0.15) is 30.5 Å². The van der Waals surface area contributed by atoms with Gasteiger partial charge in [-0.15, -0.1) is 0 Å². The van der Waals surface area contributed by atoms with Gasteiger partial charge in [0.1, 0.15) is 5.69 Å². The summed E-state index contributed by atoms with van der Waals surface area (Å²) in [5.74, 6) is 3.32. The van der Waals surface area contributed by atoms with Crippen LogP contribution in [0, 0.1) is 0 Å². The maximum atomic E-state index is 4.49. The van der Waals surface area contributed by atoms with Crippen LogP contribution in [0.3, 0.4) is 0 Å². The van der Waals surface area contributed by atoms with Crippen LogP contribution in [-0.4, -0.2) is 10.9 Å². The molecule has 2 heterocycles. The van der Waals surface area contributed by atoms with Crippen molar-refractivity contribution < 1.29 is 0 Å². The zero-order chi connectivity index (χ0) is 9.26. The molecule has 3 heteroatoms. The first-order valence-corrected chi connectivity index (χ1v) is 5.06. The average Bonchev–Trinajstić information content (AvgIpc) is 2.38. The molecule has 0 bridgehead atoms. The van der Waals surface area contributed by atoms with Gasteiger partial charge in [-0.25, -0.2) is 4.98 Å². The quantitative estimate of drug-likeness (QED) is 0.667. The first-order chi connectivity index (χ1) is 6.27. The largest absolute Gasteiger partial charge is 0.239 e. The van der Waals surface area contributed by atoms with Gasteiger partial charge in [-0.1, -0.05) is 31.3 Å². The molecule has 0 fully saturated rings. The van der Waals surface area contributed by atoms with Crippen LogP contribution in [0.4, 0.5) is 5.00 Å². The van der Waals surface area contributed by atoms with Gasteiger partial charge in [0.05, 0.1) is 5.01 Å². The van der Waals surface area contributed by atoms with Crippen molar-refractivity contribution in [3.63, 3.8) is 0 Å². The predicted molar refractivity (Wildman–Crippen MR) is 56.9 cm³/mol. The van der Waals surface area contributed by atoms with Crippen LogP contribution in [0.15, 0.2) is 17.1 Å². The summed E-state index contributed by atoms with van der Waals surface area (Å²) in [7, 11) is 0. The zero-order valence-electron chi connectivity index (χ0n) is 7.61. The Morgan fingerprint density at radius 1 is 1.46 bits per heavy atom. The van der Waals surface area contributed by atoms with Crippen LogP contribution in [-0.2, 0) is 0 Å². The average molecular weight is 190 g/mol. The lowest BCUT2D eigenvalue weighted by atomic mass is 10.2. The SMILES string of the molecule is CC(C)c1nc2c(s1)N=C=CC=C2. The zero-order valence-corrected chi connectivity index (χ0v) is 8.43. The van der Waals surface area contributed by atoms with E-state index in [0.717, 1.165) is 15.7 Å². The smallest absolute Gasteiger partial charge is 0.153 e. The number of aromatic nitrogens is 1. The molecule has 0 saturated heterocycles. The molecule has 0 radical (unpaired) electrons. The number of nitrogens with zero attached hydrogens (tertiary/aromatic N) is 2. The van der Waals surface area contributed by atoms with Gasteiger partial charge < -0.3 is 0 Å². The molecule has 13 heavy (non-hydrogen) atoms. The van der Waals surface area contributed by atoms with Crippen molar-refractivity contribution in [1.82, 2.24) is 4.98 Å². The van der Waals surface area contributed by atoms with Gasteiger partial charge in [0.2, 0.25) is 0 Å². The van der Waals surface area contributed by atoms with E-state index in [9.17, 15) is 0 Å². The van der Waals surface area contributed by atoms with Crippen LogP contribution in [0.2, 0.25) is 0 Å². The molecule has 0 saturated carbocycles. The van der Waals surface area contributed by atoms with E-state index in [4.69, 9.17) is 0 Å². The molecule has 1 aromatic heterocycles. The van der Waals surface area contributed by atoms with Crippen molar-refractivity contribution in [3.8, 4) is 0 Å². The highest BCUT2D eigenvalue weighted by atomic mass is 32.1. The number of aliphatic imine (C=N–C) groups is 1. The molecule has 0 aromatic carbocycles. The number of rotatable bonds is 1. The molecule has 0 unspecified atom stereocenters. The molecular weight excluding hydrogens is 180 g/mol. The summed E-state index contributed by atoms with van der Waals surface area (Å²) in [6, 6.07) is 0. The Kier molecular flexibility index (Phi) is 2.13. The first-order valence-electron chi connectivity index (χ1n) is 4.24. The van der Waals surface area contributed by atoms with E-state index >= 15 is 0 Å². The van der Waals surface area contributed by atoms with Crippen LogP contribution in [0.5, 0.6) is 0 Å². The molecule has 0 spiro atoms. The second-order valence-electron chi connectivity index (χ2n) is 3.16. The van der Waals surface area contributed by atoms with Gasteiger partial charge in [0, 0.05) is 5.92 Å². The molecule has 1 aliphatic rings. The molecule has 66 valence electrons. The van der Waals surface area contributed by atoms with Gasteiger partial charge in [-0.05, 0) is 18.0 Å². The topological polar surface area (TPSA) is 25.2 Å². The third-order valence-electron chi connectivity index (χ3n) is 1.74. The Hall–Kier alpha value is -1.18. The van der Waals surface area contributed by atoms with Crippen molar-refractivity contribution >= 4 is 28.3 Å². The van der Waals surface area contributed by atoms with E-state index in [1.165, 1.54) is 0 Å². The lowest BCUT2D eigenvalue weighted by Crippen LogP contribution is -1.84. The highest BCUT2D eigenvalue weighted by molar-refractivity contribution is 7.15. The summed E-state index contributed by atoms with van der Waals surface area (Å²) in [4.78, 5) is 8.67. The molecule has 1 aromatic rings. The molecule has 0 N–H and O–H groups in total. The number of hydrogen-bond acceptors (Lipinski definition) is 3. The molecule has 1 aliphatic heterocycles. The summed E-state index contributed by atoms with van der Waals surface area (Å²) in [5, 5.41) is 2.11. The van der Waals surface area contributed by atoms with E-state index in [1.54, 1.807) is 17.4 Å². The monoisotopic (exact) mass is 190 g/mol. The van der Waals surface area contributed by atoms with Crippen molar-refractivity contribution in [2.24, 2.45) is 4.99 Å². The number of fused-ring (bicyclic) bond motifs is 1. The lowest BCUT2D eigenvalue weighted by molar-refractivity contribution is 0.851. The summed E-state index contributed by atoms with van der Waals surface area (Å²) >= 11 is 1.65. The van der Waals surface area contributed by atoms with E-state index in [-0.39, 0.29) is 0 Å². The highest BCUT2D eigenvalue weighted by Gasteiger charge is 2.10. The Morgan fingerprint density at radius 3 is 3.08 bits per heavy atom. The molecule has 2 rings (SSSR count). The van der Waals surface area contributed by atoms with Crippen molar-refractivity contribution in [2.75, 3.05) is 0 Å². The minimum Gasteiger partial charge on any atom is -0.239 e. The van der Waals surface area contributed by atoms with Gasteiger partial charge >= 0.3 is 0 Å². The summed E-state index contributed by atoms with van der Waals surface area (Å²) in [6.45, 7) is 4.28. The van der Waals surface area contributed by atoms with Gasteiger partial charge in [-0.2, -0.15) is 4.99 Å². The van der Waals surface area contributed by atoms with E-state index in [1.807, 2.05) is 12.2 Å². The standard InChI is InChI=1S/C10H10N2S/c1-7(2)9-12-8-5-3-4-6-11-10(8)13-9/h3-5,7H,1-2H3. The summed E-state index contributed by atoms with van der Waals surface area (Å²) in [6.07, 6.45) is 5.68. The fourth-order valence-electron chi connectivity index (χ4n) is 1.05. The third kappa shape index (κ3) is 1.62. The Bertz CT molecular complexity index is 407. The highest BCUT2D eigenvalue weighted by Crippen LogP contribution is 2.32.